The van der Waals surface area contributed by atoms with Crippen LogP contribution in [0.2, 0.25) is 0 Å². The monoisotopic (exact) mass is 174 g/mol. The van der Waals surface area contributed by atoms with Crippen LogP contribution in [0.3, 0.4) is 0 Å². The van der Waals surface area contributed by atoms with Crippen molar-refractivity contribution < 1.29 is 19.1 Å². The van der Waals surface area contributed by atoms with Crippen molar-refractivity contribution in [3.63, 3.8) is 0 Å². The lowest BCUT2D eigenvalue weighted by Gasteiger charge is -2.00. The smallest absolute Gasteiger partial charge is 0.404 e. The summed E-state index contributed by atoms with van der Waals surface area (Å²) in [6.45, 7) is -0.218. The minimum Gasteiger partial charge on any atom is -0.466 e. The molecule has 0 radical (unpaired) electrons. The Morgan fingerprint density at radius 1 is 1.42 bits per heavy atom. The molecular formula is C6H10N2O4. The minimum absolute atomic E-state index is 0.0700. The lowest BCUT2D eigenvalue weighted by atomic mass is 10.4. The van der Waals surface area contributed by atoms with Gasteiger partial charge in [0.15, 0.2) is 0 Å². The number of carbonyl (C=O) groups excluding carboxylic acids is 2. The number of carbonyl (C=O) groups is 2. The van der Waals surface area contributed by atoms with E-state index in [1.165, 1.54) is 7.11 Å². The van der Waals surface area contributed by atoms with Crippen LogP contribution in [-0.2, 0) is 14.3 Å². The first-order valence-electron chi connectivity index (χ1n) is 3.02. The maximum absolute atomic E-state index is 10.5. The molecule has 0 fully saturated rings. The Kier molecular flexibility index (Phi) is 4.28. The van der Waals surface area contributed by atoms with Crippen molar-refractivity contribution in [2.24, 2.45) is 11.5 Å². The molecule has 1 amide bonds. The number of methoxy groups -OCH3 is 1. The molecule has 0 aliphatic carbocycles. The molecule has 0 saturated heterocycles. The van der Waals surface area contributed by atoms with Crippen molar-refractivity contribution in [3.8, 4) is 0 Å². The molecule has 0 saturated carbocycles. The van der Waals surface area contributed by atoms with Crippen LogP contribution in [0.25, 0.3) is 0 Å². The van der Waals surface area contributed by atoms with Crippen LogP contribution < -0.4 is 11.5 Å². The minimum atomic E-state index is -0.948. The van der Waals surface area contributed by atoms with Gasteiger partial charge in [0.1, 0.15) is 6.61 Å². The Balaban J connectivity index is 3.85. The van der Waals surface area contributed by atoms with Gasteiger partial charge in [-0.25, -0.2) is 9.59 Å². The van der Waals surface area contributed by atoms with Crippen LogP contribution in [0, 0.1) is 0 Å². The summed E-state index contributed by atoms with van der Waals surface area (Å²) in [5.41, 5.74) is 9.94. The Labute approximate surface area is 69.1 Å². The number of ether oxygens (including phenoxy) is 2. The van der Waals surface area contributed by atoms with Crippen molar-refractivity contribution in [3.05, 3.63) is 11.8 Å². The zero-order valence-corrected chi connectivity index (χ0v) is 6.57. The van der Waals surface area contributed by atoms with Gasteiger partial charge >= 0.3 is 12.1 Å². The predicted octanol–water partition coefficient (Wildman–Crippen LogP) is -0.903. The van der Waals surface area contributed by atoms with E-state index in [0.717, 1.165) is 6.08 Å². The maximum Gasteiger partial charge on any atom is 0.404 e. The second-order valence-electron chi connectivity index (χ2n) is 1.85. The molecular weight excluding hydrogens is 164 g/mol. The van der Waals surface area contributed by atoms with Gasteiger partial charge in [-0.1, -0.05) is 0 Å². The molecule has 68 valence electrons. The molecule has 0 atom stereocenters. The van der Waals surface area contributed by atoms with E-state index in [1.807, 2.05) is 0 Å². The molecule has 0 aliphatic heterocycles. The molecule has 0 aromatic heterocycles. The highest BCUT2D eigenvalue weighted by Gasteiger charge is 1.99. The van der Waals surface area contributed by atoms with Gasteiger partial charge in [-0.2, -0.15) is 0 Å². The van der Waals surface area contributed by atoms with Gasteiger partial charge in [0.05, 0.1) is 12.8 Å². The van der Waals surface area contributed by atoms with Gasteiger partial charge in [-0.05, 0) is 0 Å². The van der Waals surface area contributed by atoms with E-state index >= 15 is 0 Å². The van der Waals surface area contributed by atoms with Gasteiger partial charge in [0.2, 0.25) is 0 Å². The zero-order valence-electron chi connectivity index (χ0n) is 6.57. The van der Waals surface area contributed by atoms with E-state index < -0.39 is 12.1 Å². The molecule has 0 spiro atoms. The molecule has 0 heterocycles. The van der Waals surface area contributed by atoms with Crippen molar-refractivity contribution in [2.45, 2.75) is 0 Å². The van der Waals surface area contributed by atoms with Crippen molar-refractivity contribution in [1.29, 1.82) is 0 Å². The Morgan fingerprint density at radius 2 is 2.00 bits per heavy atom. The highest BCUT2D eigenvalue weighted by Crippen LogP contribution is 1.87. The number of primary amides is 1. The highest BCUT2D eigenvalue weighted by atomic mass is 16.5. The molecule has 12 heavy (non-hydrogen) atoms. The summed E-state index contributed by atoms with van der Waals surface area (Å²) in [5, 5.41) is 0. The highest BCUT2D eigenvalue weighted by molar-refractivity contribution is 5.82. The summed E-state index contributed by atoms with van der Waals surface area (Å²) in [6, 6.07) is 0. The van der Waals surface area contributed by atoms with Gasteiger partial charge < -0.3 is 20.9 Å². The van der Waals surface area contributed by atoms with Crippen molar-refractivity contribution >= 4 is 12.1 Å². The number of amides is 1. The normalized spacial score (nSPS) is 10.6. The molecule has 4 N–H and O–H groups in total. The van der Waals surface area contributed by atoms with Crippen LogP contribution in [0.4, 0.5) is 4.79 Å². The standard InChI is InChI=1S/C6H10N2O4/c1-11-5(9)2-4(7)3-12-6(8)10/h2H,3,7H2,1H3,(H2,8,10)/b4-2+. The summed E-state index contributed by atoms with van der Waals surface area (Å²) < 4.78 is 8.55. The van der Waals surface area contributed by atoms with E-state index in [0.29, 0.717) is 0 Å². The molecule has 0 aromatic rings. The van der Waals surface area contributed by atoms with Crippen LogP contribution in [0.1, 0.15) is 0 Å². The third-order valence-corrected chi connectivity index (χ3v) is 0.886. The Morgan fingerprint density at radius 3 is 2.42 bits per heavy atom. The largest absolute Gasteiger partial charge is 0.466 e. The van der Waals surface area contributed by atoms with E-state index in [4.69, 9.17) is 5.73 Å². The second-order valence-corrected chi connectivity index (χ2v) is 1.85. The van der Waals surface area contributed by atoms with Crippen LogP contribution >= 0.6 is 0 Å². The van der Waals surface area contributed by atoms with Gasteiger partial charge in [-0.15, -0.1) is 0 Å². The topological polar surface area (TPSA) is 105 Å². The molecule has 0 bridgehead atoms. The fourth-order valence-electron chi connectivity index (χ4n) is 0.406. The maximum atomic E-state index is 10.5. The molecule has 0 rings (SSSR count). The van der Waals surface area contributed by atoms with Crippen LogP contribution in [-0.4, -0.2) is 25.8 Å². The molecule has 6 heteroatoms. The van der Waals surface area contributed by atoms with E-state index in [1.54, 1.807) is 0 Å². The SMILES string of the molecule is COC(=O)/C=C(/N)COC(N)=O. The third kappa shape index (κ3) is 5.10. The van der Waals surface area contributed by atoms with E-state index in [2.05, 4.69) is 15.2 Å². The summed E-state index contributed by atoms with van der Waals surface area (Å²) in [6.07, 6.45) is 0.0550. The van der Waals surface area contributed by atoms with Crippen molar-refractivity contribution in [1.82, 2.24) is 0 Å². The molecule has 0 aromatic carbocycles. The average molecular weight is 174 g/mol. The molecule has 0 aliphatic rings. The number of rotatable bonds is 3. The number of hydrogen-bond acceptors (Lipinski definition) is 5. The number of nitrogens with two attached hydrogens (primary N) is 2. The summed E-state index contributed by atoms with van der Waals surface area (Å²) in [5.74, 6) is -0.611. The first-order valence-corrected chi connectivity index (χ1v) is 3.02. The second kappa shape index (κ2) is 5.00. The van der Waals surface area contributed by atoms with E-state index in [-0.39, 0.29) is 12.3 Å². The molecule has 0 unspecified atom stereocenters. The predicted molar refractivity (Wildman–Crippen MR) is 39.8 cm³/mol. The number of hydrogen-bond donors (Lipinski definition) is 2. The third-order valence-electron chi connectivity index (χ3n) is 0.886. The van der Waals surface area contributed by atoms with Gasteiger partial charge in [0.25, 0.3) is 0 Å². The van der Waals surface area contributed by atoms with Gasteiger partial charge in [-0.3, -0.25) is 0 Å². The fourth-order valence-corrected chi connectivity index (χ4v) is 0.406. The Hall–Kier alpha value is -1.72. The lowest BCUT2D eigenvalue weighted by Crippen LogP contribution is -2.18. The molecule has 6 nitrogen and oxygen atoms in total. The lowest BCUT2D eigenvalue weighted by molar-refractivity contribution is -0.134. The van der Waals surface area contributed by atoms with Crippen LogP contribution in [0.5, 0.6) is 0 Å². The summed E-state index contributed by atoms with van der Waals surface area (Å²) >= 11 is 0. The Bertz CT molecular complexity index is 212. The van der Waals surface area contributed by atoms with Crippen molar-refractivity contribution in [2.75, 3.05) is 13.7 Å². The van der Waals surface area contributed by atoms with E-state index in [9.17, 15) is 9.59 Å². The first-order chi connectivity index (χ1) is 5.56. The average Bonchev–Trinajstić information content (AvgIpc) is 2.00. The first kappa shape index (κ1) is 10.3. The zero-order chi connectivity index (χ0) is 9.56. The summed E-state index contributed by atoms with van der Waals surface area (Å²) in [4.78, 5) is 20.6. The quantitative estimate of drug-likeness (QED) is 0.426. The van der Waals surface area contributed by atoms with Crippen LogP contribution in [0.15, 0.2) is 11.8 Å². The number of esters is 1. The van der Waals surface area contributed by atoms with Gasteiger partial charge in [0, 0.05) is 6.08 Å². The summed E-state index contributed by atoms with van der Waals surface area (Å²) in [7, 11) is 1.21. The fraction of sp³-hybridized carbons (Fsp3) is 0.333.